The standard InChI is InChI=1S/C47H48N2/c1-31(2)36-22-26-42-43(29-36)46(48(38-14-10-8-11-15-38)40-23-18-33(5)19-24-40)41-25-21-37(32(3)4)30-44(41)47(42)49(39-16-12-9-13-17-39)45-27-20-34(6)28-35(45)7/h8-32,35,45H,1-7H3. The molecule has 7 rings (SSSR count). The van der Waals surface area contributed by atoms with E-state index < -0.39 is 0 Å². The molecule has 2 nitrogen and oxygen atoms in total. The van der Waals surface area contributed by atoms with E-state index in [4.69, 9.17) is 0 Å². The van der Waals surface area contributed by atoms with Gasteiger partial charge < -0.3 is 9.80 Å². The van der Waals surface area contributed by atoms with Crippen molar-refractivity contribution in [1.29, 1.82) is 0 Å². The number of anilines is 5. The second kappa shape index (κ2) is 13.4. The van der Waals surface area contributed by atoms with Gasteiger partial charge in [0.1, 0.15) is 0 Å². The molecule has 49 heavy (non-hydrogen) atoms. The molecule has 2 unspecified atom stereocenters. The summed E-state index contributed by atoms with van der Waals surface area (Å²) in [4.78, 5) is 5.10. The molecule has 2 atom stereocenters. The number of aryl methyl sites for hydroxylation is 1. The van der Waals surface area contributed by atoms with Gasteiger partial charge in [-0.05, 0) is 91.3 Å². The van der Waals surface area contributed by atoms with Gasteiger partial charge in [0, 0.05) is 38.6 Å². The fraction of sp³-hybridized carbons (Fsp3) is 0.234. The average molecular weight is 641 g/mol. The van der Waals surface area contributed by atoms with E-state index in [1.165, 1.54) is 60.9 Å². The fourth-order valence-electron chi connectivity index (χ4n) is 7.47. The third-order valence-electron chi connectivity index (χ3n) is 10.2. The molecule has 0 aliphatic heterocycles. The Labute approximate surface area is 293 Å². The highest BCUT2D eigenvalue weighted by molar-refractivity contribution is 6.23. The van der Waals surface area contributed by atoms with Crippen LogP contribution in [0.3, 0.4) is 0 Å². The summed E-state index contributed by atoms with van der Waals surface area (Å²) < 4.78 is 0. The Balaban J connectivity index is 1.67. The highest BCUT2D eigenvalue weighted by Crippen LogP contribution is 2.51. The summed E-state index contributed by atoms with van der Waals surface area (Å²) in [6.07, 6.45) is 7.13. The monoisotopic (exact) mass is 640 g/mol. The molecule has 246 valence electrons. The molecule has 2 heteroatoms. The van der Waals surface area contributed by atoms with E-state index in [-0.39, 0.29) is 6.04 Å². The van der Waals surface area contributed by atoms with Crippen molar-refractivity contribution in [2.75, 3.05) is 9.80 Å². The van der Waals surface area contributed by atoms with Crippen LogP contribution in [0.4, 0.5) is 28.4 Å². The van der Waals surface area contributed by atoms with Crippen molar-refractivity contribution in [3.05, 3.63) is 162 Å². The molecule has 0 bridgehead atoms. The maximum atomic E-state index is 2.62. The SMILES string of the molecule is CC1=CC(C)C(N(c2ccccc2)c2c3ccc(C(C)C)cc3c(N(c3ccccc3)c3ccc(C)cc3)c3ccc(C(C)C)cc23)C=C1. The molecular weight excluding hydrogens is 593 g/mol. The fourth-order valence-corrected chi connectivity index (χ4v) is 7.47. The van der Waals surface area contributed by atoms with Crippen LogP contribution in [0.15, 0.2) is 145 Å². The second-order valence-electron chi connectivity index (χ2n) is 14.4. The molecule has 0 aromatic heterocycles. The third kappa shape index (κ3) is 6.17. The van der Waals surface area contributed by atoms with Gasteiger partial charge in [0.15, 0.2) is 0 Å². The first-order chi connectivity index (χ1) is 23.7. The van der Waals surface area contributed by atoms with Crippen LogP contribution in [0.25, 0.3) is 21.5 Å². The third-order valence-corrected chi connectivity index (χ3v) is 10.2. The van der Waals surface area contributed by atoms with Crippen molar-refractivity contribution < 1.29 is 0 Å². The number of allylic oxidation sites excluding steroid dienone is 2. The topological polar surface area (TPSA) is 6.48 Å². The smallest absolute Gasteiger partial charge is 0.0620 e. The van der Waals surface area contributed by atoms with Crippen molar-refractivity contribution in [3.63, 3.8) is 0 Å². The Morgan fingerprint density at radius 1 is 0.531 bits per heavy atom. The zero-order valence-electron chi connectivity index (χ0n) is 30.0. The summed E-state index contributed by atoms with van der Waals surface area (Å²) >= 11 is 0. The molecule has 0 amide bonds. The molecule has 0 fully saturated rings. The minimum atomic E-state index is 0.151. The number of benzene rings is 6. The van der Waals surface area contributed by atoms with Crippen molar-refractivity contribution in [1.82, 2.24) is 0 Å². The quantitative estimate of drug-likeness (QED) is 0.121. The largest absolute Gasteiger partial charge is 0.333 e. The van der Waals surface area contributed by atoms with E-state index in [1.54, 1.807) is 0 Å². The molecule has 6 aromatic carbocycles. The average Bonchev–Trinajstić information content (AvgIpc) is 3.11. The summed E-state index contributed by atoms with van der Waals surface area (Å²) in [5.41, 5.74) is 11.2. The molecule has 0 spiro atoms. The molecule has 0 radical (unpaired) electrons. The van der Waals surface area contributed by atoms with Crippen molar-refractivity contribution in [2.24, 2.45) is 5.92 Å². The van der Waals surface area contributed by atoms with Crippen LogP contribution in [-0.2, 0) is 0 Å². The van der Waals surface area contributed by atoms with Crippen LogP contribution in [0.2, 0.25) is 0 Å². The van der Waals surface area contributed by atoms with Gasteiger partial charge in [-0.25, -0.2) is 0 Å². The van der Waals surface area contributed by atoms with Crippen molar-refractivity contribution in [2.45, 2.75) is 66.3 Å². The maximum absolute atomic E-state index is 2.62. The Morgan fingerprint density at radius 3 is 1.59 bits per heavy atom. The molecular formula is C47H48N2. The van der Waals surface area contributed by atoms with Crippen LogP contribution in [0.5, 0.6) is 0 Å². The van der Waals surface area contributed by atoms with Crippen LogP contribution < -0.4 is 9.80 Å². The van der Waals surface area contributed by atoms with Crippen molar-refractivity contribution >= 4 is 50.0 Å². The molecule has 6 aromatic rings. The predicted octanol–water partition coefficient (Wildman–Crippen LogP) is 13.7. The first-order valence-corrected chi connectivity index (χ1v) is 17.9. The van der Waals surface area contributed by atoms with E-state index in [0.29, 0.717) is 17.8 Å². The number of fused-ring (bicyclic) bond motifs is 2. The minimum absolute atomic E-state index is 0.151. The van der Waals surface area contributed by atoms with E-state index >= 15 is 0 Å². The van der Waals surface area contributed by atoms with Crippen LogP contribution in [0.1, 0.15) is 70.1 Å². The summed E-state index contributed by atoms with van der Waals surface area (Å²) in [5.74, 6) is 1.11. The molecule has 0 saturated carbocycles. The summed E-state index contributed by atoms with van der Waals surface area (Å²) in [6.45, 7) is 15.9. The lowest BCUT2D eigenvalue weighted by molar-refractivity contribution is 0.607. The van der Waals surface area contributed by atoms with Crippen LogP contribution in [0, 0.1) is 12.8 Å². The van der Waals surface area contributed by atoms with Gasteiger partial charge in [0.05, 0.1) is 17.4 Å². The zero-order valence-corrected chi connectivity index (χ0v) is 30.0. The molecule has 0 heterocycles. The lowest BCUT2D eigenvalue weighted by atomic mass is 9.87. The van der Waals surface area contributed by atoms with E-state index in [1.807, 2.05) is 0 Å². The number of para-hydroxylation sites is 2. The van der Waals surface area contributed by atoms with Gasteiger partial charge in [-0.2, -0.15) is 0 Å². The number of nitrogens with zero attached hydrogens (tertiary/aromatic N) is 2. The number of rotatable bonds is 8. The number of hydrogen-bond acceptors (Lipinski definition) is 2. The van der Waals surface area contributed by atoms with Gasteiger partial charge >= 0.3 is 0 Å². The first-order valence-electron chi connectivity index (χ1n) is 17.9. The Morgan fingerprint density at radius 2 is 1.04 bits per heavy atom. The Kier molecular flexibility index (Phi) is 8.90. The Hall–Kier alpha value is -5.08. The predicted molar refractivity (Wildman–Crippen MR) is 213 cm³/mol. The molecule has 1 aliphatic carbocycles. The van der Waals surface area contributed by atoms with E-state index in [0.717, 1.165) is 11.4 Å². The van der Waals surface area contributed by atoms with Gasteiger partial charge in [-0.15, -0.1) is 0 Å². The molecule has 1 aliphatic rings. The highest BCUT2D eigenvalue weighted by Gasteiger charge is 2.30. The number of hydrogen-bond donors (Lipinski definition) is 0. The minimum Gasteiger partial charge on any atom is -0.333 e. The van der Waals surface area contributed by atoms with E-state index in [9.17, 15) is 0 Å². The molecule has 0 N–H and O–H groups in total. The van der Waals surface area contributed by atoms with Gasteiger partial charge in [0.25, 0.3) is 0 Å². The lowest BCUT2D eigenvalue weighted by Crippen LogP contribution is -2.36. The summed E-state index contributed by atoms with van der Waals surface area (Å²) in [6, 6.07) is 45.4. The van der Waals surface area contributed by atoms with Gasteiger partial charge in [-0.1, -0.05) is 137 Å². The normalized spacial score (nSPS) is 16.1. The van der Waals surface area contributed by atoms with Gasteiger partial charge in [-0.3, -0.25) is 0 Å². The lowest BCUT2D eigenvalue weighted by Gasteiger charge is -2.39. The highest BCUT2D eigenvalue weighted by atomic mass is 15.2. The Bertz CT molecular complexity index is 2150. The van der Waals surface area contributed by atoms with Crippen molar-refractivity contribution in [3.8, 4) is 0 Å². The van der Waals surface area contributed by atoms with Crippen LogP contribution in [-0.4, -0.2) is 6.04 Å². The van der Waals surface area contributed by atoms with E-state index in [2.05, 4.69) is 198 Å². The van der Waals surface area contributed by atoms with Crippen LogP contribution >= 0.6 is 0 Å². The summed E-state index contributed by atoms with van der Waals surface area (Å²) in [5, 5.41) is 5.04. The molecule has 0 saturated heterocycles. The van der Waals surface area contributed by atoms with Gasteiger partial charge in [0.2, 0.25) is 0 Å². The maximum Gasteiger partial charge on any atom is 0.0620 e. The first kappa shape index (κ1) is 32.5. The second-order valence-corrected chi connectivity index (χ2v) is 14.4. The summed E-state index contributed by atoms with van der Waals surface area (Å²) in [7, 11) is 0. The zero-order chi connectivity index (χ0) is 34.2.